The molecule has 0 aliphatic rings. The number of hydrogen-bond acceptors (Lipinski definition) is 7. The smallest absolute Gasteiger partial charge is 0.319 e. The molecule has 0 atom stereocenters. The maximum atomic E-state index is 12.4. The Kier molecular flexibility index (Phi) is 10.4. The van der Waals surface area contributed by atoms with Crippen molar-refractivity contribution in [3.63, 3.8) is 0 Å². The second-order valence-electron chi connectivity index (χ2n) is 6.90. The van der Waals surface area contributed by atoms with Crippen LogP contribution in [0.1, 0.15) is 13.3 Å². The third-order valence-corrected chi connectivity index (χ3v) is 3.94. The largest absolute Gasteiger partial charge is 0.425 e. The fourth-order valence-electron chi connectivity index (χ4n) is 2.51. The molecule has 184 valence electrons. The van der Waals surface area contributed by atoms with E-state index in [4.69, 9.17) is 9.47 Å². The van der Waals surface area contributed by atoms with Crippen molar-refractivity contribution in [2.45, 2.75) is 13.3 Å². The normalized spacial score (nSPS) is 11.2. The summed E-state index contributed by atoms with van der Waals surface area (Å²) in [6.45, 7) is 1.04. The Morgan fingerprint density at radius 3 is 1.74 bits per heavy atom. The predicted molar refractivity (Wildman–Crippen MR) is 127 cm³/mol. The van der Waals surface area contributed by atoms with E-state index in [-0.39, 0.29) is 18.6 Å². The number of benzene rings is 2. The fourth-order valence-corrected chi connectivity index (χ4v) is 2.51. The summed E-state index contributed by atoms with van der Waals surface area (Å²) in [7, 11) is 2.85. The van der Waals surface area contributed by atoms with Crippen LogP contribution in [0.15, 0.2) is 70.6 Å². The number of nitrogens with zero attached hydrogens (tertiary/aromatic N) is 4. The summed E-state index contributed by atoms with van der Waals surface area (Å²) >= 11 is 0. The Morgan fingerprint density at radius 2 is 1.29 bits per heavy atom. The third kappa shape index (κ3) is 9.74. The fraction of sp³-hybridized carbons (Fsp3) is 0.217. The number of aldehydes is 1. The zero-order valence-corrected chi connectivity index (χ0v) is 19.5. The zero-order chi connectivity index (χ0) is 25.6. The molecule has 0 heterocycles. The average molecular weight is 482 g/mol. The molecule has 0 spiro atoms. The molecule has 0 radical (unpaired) electrons. The number of amides is 3. The lowest BCUT2D eigenvalue weighted by molar-refractivity contribution is -0.132. The van der Waals surface area contributed by atoms with Gasteiger partial charge in [0.05, 0.1) is 0 Å². The number of amidine groups is 2. The Balaban J connectivity index is 1.97. The molecule has 2 rings (SSSR count). The standard InChI is InChI=1S/C23H26N6O6/c1-17(31)25-23(35-19-12-8-5-9-13-19)29(3)27-21(33)16-20(32)26-28(2)22(24-14-15-30)34-18-10-6-4-7-11-18/h4-13,15H,14,16H2,1-3H3,(H,26,32)(H,27,33). The van der Waals surface area contributed by atoms with Crippen LogP contribution in [-0.2, 0) is 19.2 Å². The van der Waals surface area contributed by atoms with Crippen molar-refractivity contribution in [3.8, 4) is 11.5 Å². The van der Waals surface area contributed by atoms with Gasteiger partial charge in [-0.05, 0) is 24.3 Å². The van der Waals surface area contributed by atoms with Gasteiger partial charge in [0, 0.05) is 21.0 Å². The van der Waals surface area contributed by atoms with Gasteiger partial charge in [0.2, 0.25) is 17.7 Å². The Morgan fingerprint density at radius 1 is 0.829 bits per heavy atom. The molecule has 0 saturated carbocycles. The molecule has 35 heavy (non-hydrogen) atoms. The molecular weight excluding hydrogens is 456 g/mol. The van der Waals surface area contributed by atoms with Crippen LogP contribution in [0.2, 0.25) is 0 Å². The first-order valence-electron chi connectivity index (χ1n) is 10.4. The van der Waals surface area contributed by atoms with Crippen LogP contribution in [0.4, 0.5) is 0 Å². The number of hydrazine groups is 2. The van der Waals surface area contributed by atoms with Crippen molar-refractivity contribution in [1.82, 2.24) is 20.9 Å². The number of para-hydroxylation sites is 2. The monoisotopic (exact) mass is 482 g/mol. The van der Waals surface area contributed by atoms with Gasteiger partial charge >= 0.3 is 12.0 Å². The molecule has 0 saturated heterocycles. The van der Waals surface area contributed by atoms with Gasteiger partial charge in [-0.15, -0.1) is 0 Å². The molecule has 12 heteroatoms. The van der Waals surface area contributed by atoms with Crippen LogP contribution in [-0.4, -0.2) is 66.7 Å². The molecule has 0 fully saturated rings. The minimum atomic E-state index is -0.707. The van der Waals surface area contributed by atoms with E-state index < -0.39 is 24.1 Å². The molecule has 2 aromatic carbocycles. The van der Waals surface area contributed by atoms with Gasteiger partial charge < -0.3 is 14.3 Å². The van der Waals surface area contributed by atoms with Gasteiger partial charge in [-0.3, -0.25) is 25.2 Å². The van der Waals surface area contributed by atoms with Crippen LogP contribution in [0.3, 0.4) is 0 Å². The second kappa shape index (κ2) is 13.7. The highest BCUT2D eigenvalue weighted by Gasteiger charge is 2.18. The van der Waals surface area contributed by atoms with E-state index in [2.05, 4.69) is 20.8 Å². The van der Waals surface area contributed by atoms with Crippen molar-refractivity contribution in [2.75, 3.05) is 20.6 Å². The van der Waals surface area contributed by atoms with E-state index in [9.17, 15) is 19.2 Å². The number of carbonyl (C=O) groups excluding carboxylic acids is 4. The highest BCUT2D eigenvalue weighted by molar-refractivity contribution is 5.98. The summed E-state index contributed by atoms with van der Waals surface area (Å²) in [6.07, 6.45) is -0.00927. The topological polar surface area (TPSA) is 142 Å². The first-order chi connectivity index (χ1) is 16.8. The predicted octanol–water partition coefficient (Wildman–Crippen LogP) is 0.918. The SMILES string of the molecule is CC(=O)N=C(Oc1ccccc1)N(C)NC(=O)CC(=O)NN(C)C(=NCC=O)Oc1ccccc1. The number of hydrogen-bond donors (Lipinski definition) is 2. The number of nitrogens with one attached hydrogen (secondary N) is 2. The average Bonchev–Trinajstić information content (AvgIpc) is 2.82. The molecule has 0 aliphatic carbocycles. The van der Waals surface area contributed by atoms with E-state index in [0.29, 0.717) is 17.8 Å². The van der Waals surface area contributed by atoms with Crippen LogP contribution in [0, 0.1) is 0 Å². The van der Waals surface area contributed by atoms with Crippen LogP contribution in [0.25, 0.3) is 0 Å². The molecule has 3 amide bonds. The number of carbonyl (C=O) groups is 4. The van der Waals surface area contributed by atoms with Crippen LogP contribution >= 0.6 is 0 Å². The first kappa shape index (κ1) is 26.5. The van der Waals surface area contributed by atoms with E-state index in [1.54, 1.807) is 60.7 Å². The summed E-state index contributed by atoms with van der Waals surface area (Å²) in [5.41, 5.74) is 4.85. The lowest BCUT2D eigenvalue weighted by Gasteiger charge is -2.23. The Labute approximate surface area is 202 Å². The maximum absolute atomic E-state index is 12.4. The molecule has 0 aromatic heterocycles. The molecule has 12 nitrogen and oxygen atoms in total. The van der Waals surface area contributed by atoms with Crippen molar-refractivity contribution in [3.05, 3.63) is 60.7 Å². The lowest BCUT2D eigenvalue weighted by Crippen LogP contribution is -2.49. The summed E-state index contributed by atoms with van der Waals surface area (Å²) in [5.74, 6) is -1.11. The van der Waals surface area contributed by atoms with E-state index in [0.717, 1.165) is 10.0 Å². The first-order valence-corrected chi connectivity index (χ1v) is 10.4. The van der Waals surface area contributed by atoms with E-state index >= 15 is 0 Å². The lowest BCUT2D eigenvalue weighted by atomic mass is 10.3. The van der Waals surface area contributed by atoms with Crippen molar-refractivity contribution in [1.29, 1.82) is 0 Å². The third-order valence-electron chi connectivity index (χ3n) is 3.94. The summed E-state index contributed by atoms with van der Waals surface area (Å²) in [6, 6.07) is 16.9. The molecule has 0 bridgehead atoms. The van der Waals surface area contributed by atoms with Crippen LogP contribution < -0.4 is 20.3 Å². The summed E-state index contributed by atoms with van der Waals surface area (Å²) in [5, 5.41) is 2.24. The minimum Gasteiger partial charge on any atom is -0.425 e. The van der Waals surface area contributed by atoms with Gasteiger partial charge in [0.25, 0.3) is 0 Å². The quantitative estimate of drug-likeness (QED) is 0.204. The van der Waals surface area contributed by atoms with Gasteiger partial charge in [0.15, 0.2) is 0 Å². The van der Waals surface area contributed by atoms with Gasteiger partial charge in [-0.2, -0.15) is 4.99 Å². The van der Waals surface area contributed by atoms with Gasteiger partial charge in [-0.25, -0.2) is 15.0 Å². The van der Waals surface area contributed by atoms with Gasteiger partial charge in [-0.1, -0.05) is 36.4 Å². The van der Waals surface area contributed by atoms with E-state index in [1.165, 1.54) is 21.0 Å². The number of ether oxygens (including phenoxy) is 2. The molecule has 2 aromatic rings. The number of aliphatic imine (C=N–C) groups is 2. The molecule has 0 aliphatic heterocycles. The Bertz CT molecular complexity index is 1070. The zero-order valence-electron chi connectivity index (χ0n) is 19.5. The van der Waals surface area contributed by atoms with Crippen LogP contribution in [0.5, 0.6) is 11.5 Å². The summed E-state index contributed by atoms with van der Waals surface area (Å²) in [4.78, 5) is 54.7. The second-order valence-corrected chi connectivity index (χ2v) is 6.90. The van der Waals surface area contributed by atoms with Crippen molar-refractivity contribution in [2.24, 2.45) is 9.98 Å². The summed E-state index contributed by atoms with van der Waals surface area (Å²) < 4.78 is 11.2. The Hall–Kier alpha value is -4.74. The van der Waals surface area contributed by atoms with E-state index in [1.807, 2.05) is 0 Å². The number of rotatable bonds is 6. The minimum absolute atomic E-state index is 0.0543. The highest BCUT2D eigenvalue weighted by Crippen LogP contribution is 2.10. The highest BCUT2D eigenvalue weighted by atomic mass is 16.5. The molecular formula is C23H26N6O6. The van der Waals surface area contributed by atoms with Crippen molar-refractivity contribution < 1.29 is 28.7 Å². The molecule has 2 N–H and O–H groups in total. The van der Waals surface area contributed by atoms with Crippen molar-refractivity contribution >= 4 is 36.1 Å². The maximum Gasteiger partial charge on any atom is 0.319 e. The van der Waals surface area contributed by atoms with Gasteiger partial charge in [0.1, 0.15) is 30.8 Å². The molecule has 0 unspecified atom stereocenters.